The number of nitrogens with one attached hydrogen (secondary N) is 1. The quantitative estimate of drug-likeness (QED) is 0.515. The van der Waals surface area contributed by atoms with Gasteiger partial charge in [0.1, 0.15) is 0 Å². The Morgan fingerprint density at radius 3 is 2.52 bits per heavy atom. The number of aryl methyl sites for hydroxylation is 1. The van der Waals surface area contributed by atoms with Gasteiger partial charge in [0.15, 0.2) is 0 Å². The lowest BCUT2D eigenvalue weighted by Gasteiger charge is -2.35. The Morgan fingerprint density at radius 1 is 1.07 bits per heavy atom. The molecule has 1 aliphatic heterocycles. The molecule has 2 heterocycles. The van der Waals surface area contributed by atoms with E-state index in [-0.39, 0.29) is 10.6 Å². The van der Waals surface area contributed by atoms with Gasteiger partial charge in [-0.25, -0.2) is 0 Å². The first-order valence-corrected chi connectivity index (χ1v) is 9.93. The minimum atomic E-state index is -0.369. The predicted octanol–water partition coefficient (Wildman–Crippen LogP) is 4.34. The molecule has 0 saturated carbocycles. The van der Waals surface area contributed by atoms with Gasteiger partial charge in [-0.05, 0) is 49.4 Å². The molecule has 1 aromatic heterocycles. The van der Waals surface area contributed by atoms with E-state index in [1.54, 1.807) is 18.5 Å². The number of piperazine rings is 1. The molecule has 3 aromatic rings. The number of likely N-dealkylation sites (N-methyl/N-ethyl adjacent to an activating group) is 1. The SMILES string of the molecule is CCN1CCN(c2ccc(Nc3ccc([N+](=O)[O-])c4cnccc34)c(C)c2)CC1. The average molecular weight is 391 g/mol. The number of fused-ring (bicyclic) bond motifs is 1. The molecular formula is C22H25N5O2. The molecule has 2 aromatic carbocycles. The number of nitro benzene ring substituents is 1. The summed E-state index contributed by atoms with van der Waals surface area (Å²) >= 11 is 0. The normalized spacial score (nSPS) is 14.9. The molecule has 1 N–H and O–H groups in total. The second-order valence-electron chi connectivity index (χ2n) is 7.36. The summed E-state index contributed by atoms with van der Waals surface area (Å²) in [5.74, 6) is 0. The largest absolute Gasteiger partial charge is 0.369 e. The fourth-order valence-corrected chi connectivity index (χ4v) is 3.90. The molecule has 7 nitrogen and oxygen atoms in total. The van der Waals surface area contributed by atoms with E-state index in [2.05, 4.69) is 52.1 Å². The summed E-state index contributed by atoms with van der Waals surface area (Å²) in [4.78, 5) is 19.9. The fraction of sp³-hybridized carbons (Fsp3) is 0.318. The summed E-state index contributed by atoms with van der Waals surface area (Å²) in [6.07, 6.45) is 3.20. The third-order valence-electron chi connectivity index (χ3n) is 5.66. The Kier molecular flexibility index (Phi) is 5.31. The number of aromatic nitrogens is 1. The Hall–Kier alpha value is -3.19. The average Bonchev–Trinajstić information content (AvgIpc) is 2.75. The Bertz CT molecular complexity index is 1040. The van der Waals surface area contributed by atoms with Crippen LogP contribution in [0.4, 0.5) is 22.7 Å². The van der Waals surface area contributed by atoms with Crippen molar-refractivity contribution in [1.29, 1.82) is 0 Å². The van der Waals surface area contributed by atoms with E-state index in [4.69, 9.17) is 0 Å². The van der Waals surface area contributed by atoms with Gasteiger partial charge < -0.3 is 15.1 Å². The van der Waals surface area contributed by atoms with Crippen LogP contribution >= 0.6 is 0 Å². The van der Waals surface area contributed by atoms with Crippen LogP contribution in [0.3, 0.4) is 0 Å². The zero-order valence-electron chi connectivity index (χ0n) is 16.8. The van der Waals surface area contributed by atoms with Crippen molar-refractivity contribution >= 4 is 33.5 Å². The van der Waals surface area contributed by atoms with Crippen LogP contribution in [0, 0.1) is 17.0 Å². The molecule has 1 fully saturated rings. The molecule has 1 saturated heterocycles. The number of benzene rings is 2. The fourth-order valence-electron chi connectivity index (χ4n) is 3.90. The van der Waals surface area contributed by atoms with Gasteiger partial charge in [0.05, 0.1) is 10.3 Å². The zero-order chi connectivity index (χ0) is 20.4. The number of nitro groups is 1. The Morgan fingerprint density at radius 2 is 1.83 bits per heavy atom. The summed E-state index contributed by atoms with van der Waals surface area (Å²) in [5, 5.41) is 16.1. The van der Waals surface area contributed by atoms with Crippen LogP contribution in [0.1, 0.15) is 12.5 Å². The molecule has 1 aliphatic rings. The maximum atomic E-state index is 11.3. The molecule has 150 valence electrons. The lowest BCUT2D eigenvalue weighted by molar-refractivity contribution is -0.383. The van der Waals surface area contributed by atoms with Crippen molar-refractivity contribution in [3.8, 4) is 0 Å². The van der Waals surface area contributed by atoms with Gasteiger partial charge in [0, 0.05) is 67.1 Å². The molecule has 7 heteroatoms. The van der Waals surface area contributed by atoms with E-state index in [1.807, 2.05) is 6.07 Å². The van der Waals surface area contributed by atoms with Crippen LogP contribution in [0.25, 0.3) is 10.8 Å². The molecule has 0 radical (unpaired) electrons. The van der Waals surface area contributed by atoms with E-state index in [1.165, 1.54) is 11.8 Å². The van der Waals surface area contributed by atoms with Crippen molar-refractivity contribution in [3.63, 3.8) is 0 Å². The van der Waals surface area contributed by atoms with E-state index in [9.17, 15) is 10.1 Å². The highest BCUT2D eigenvalue weighted by Gasteiger charge is 2.17. The number of anilines is 3. The van der Waals surface area contributed by atoms with Crippen LogP contribution < -0.4 is 10.2 Å². The molecule has 0 bridgehead atoms. The smallest absolute Gasteiger partial charge is 0.278 e. The molecule has 4 rings (SSSR count). The first-order chi connectivity index (χ1) is 14.1. The molecule has 0 atom stereocenters. The minimum absolute atomic E-state index is 0.0666. The second-order valence-corrected chi connectivity index (χ2v) is 7.36. The number of rotatable bonds is 5. The van der Waals surface area contributed by atoms with Crippen LogP contribution in [-0.2, 0) is 0 Å². The summed E-state index contributed by atoms with van der Waals surface area (Å²) in [5.41, 5.74) is 4.27. The summed E-state index contributed by atoms with van der Waals surface area (Å²) in [6, 6.07) is 11.5. The highest BCUT2D eigenvalue weighted by Crippen LogP contribution is 2.34. The maximum Gasteiger partial charge on any atom is 0.278 e. The van der Waals surface area contributed by atoms with E-state index in [0.717, 1.165) is 55.0 Å². The number of non-ortho nitro benzene ring substituents is 1. The van der Waals surface area contributed by atoms with Crippen LogP contribution in [0.15, 0.2) is 48.8 Å². The van der Waals surface area contributed by atoms with E-state index in [0.29, 0.717) is 5.39 Å². The summed E-state index contributed by atoms with van der Waals surface area (Å²) < 4.78 is 0. The lowest BCUT2D eigenvalue weighted by Crippen LogP contribution is -2.46. The van der Waals surface area contributed by atoms with Crippen LogP contribution in [0.2, 0.25) is 0 Å². The number of pyridine rings is 1. The standard InChI is InChI=1S/C22H25N5O2/c1-3-25-10-12-26(13-11-25)17-4-5-20(16(2)14-17)24-21-6-7-22(27(28)29)19-15-23-9-8-18(19)21/h4-9,14-15,24H,3,10-13H2,1-2H3. The lowest BCUT2D eigenvalue weighted by atomic mass is 10.1. The zero-order valence-corrected chi connectivity index (χ0v) is 16.8. The van der Waals surface area contributed by atoms with Crippen molar-refractivity contribution in [2.75, 3.05) is 42.9 Å². The van der Waals surface area contributed by atoms with Gasteiger partial charge in [-0.3, -0.25) is 15.1 Å². The number of hydrogen-bond acceptors (Lipinski definition) is 6. The molecular weight excluding hydrogens is 366 g/mol. The minimum Gasteiger partial charge on any atom is -0.369 e. The van der Waals surface area contributed by atoms with Gasteiger partial charge in [-0.2, -0.15) is 0 Å². The van der Waals surface area contributed by atoms with Gasteiger partial charge >= 0.3 is 0 Å². The molecule has 0 unspecified atom stereocenters. The second kappa shape index (κ2) is 8.05. The number of nitrogens with zero attached hydrogens (tertiary/aromatic N) is 4. The van der Waals surface area contributed by atoms with Gasteiger partial charge in [-0.15, -0.1) is 0 Å². The van der Waals surface area contributed by atoms with Crippen molar-refractivity contribution in [3.05, 3.63) is 64.5 Å². The number of hydrogen-bond donors (Lipinski definition) is 1. The third kappa shape index (κ3) is 3.86. The Labute approximate surface area is 170 Å². The van der Waals surface area contributed by atoms with Crippen LogP contribution in [0.5, 0.6) is 0 Å². The topological polar surface area (TPSA) is 74.5 Å². The predicted molar refractivity (Wildman–Crippen MR) is 117 cm³/mol. The van der Waals surface area contributed by atoms with Crippen LogP contribution in [-0.4, -0.2) is 47.5 Å². The molecule has 0 aliphatic carbocycles. The van der Waals surface area contributed by atoms with E-state index >= 15 is 0 Å². The Balaban J connectivity index is 1.59. The van der Waals surface area contributed by atoms with Crippen molar-refractivity contribution in [1.82, 2.24) is 9.88 Å². The highest BCUT2D eigenvalue weighted by atomic mass is 16.6. The van der Waals surface area contributed by atoms with Gasteiger partial charge in [0.25, 0.3) is 5.69 Å². The first kappa shape index (κ1) is 19.1. The third-order valence-corrected chi connectivity index (χ3v) is 5.66. The van der Waals surface area contributed by atoms with Crippen molar-refractivity contribution in [2.45, 2.75) is 13.8 Å². The summed E-state index contributed by atoms with van der Waals surface area (Å²) in [6.45, 7) is 9.67. The van der Waals surface area contributed by atoms with Gasteiger partial charge in [-0.1, -0.05) is 6.92 Å². The molecule has 0 spiro atoms. The molecule has 0 amide bonds. The first-order valence-electron chi connectivity index (χ1n) is 9.93. The monoisotopic (exact) mass is 391 g/mol. The molecule has 29 heavy (non-hydrogen) atoms. The van der Waals surface area contributed by atoms with E-state index < -0.39 is 0 Å². The van der Waals surface area contributed by atoms with Gasteiger partial charge in [0.2, 0.25) is 0 Å². The van der Waals surface area contributed by atoms with Crippen molar-refractivity contribution < 1.29 is 4.92 Å². The maximum absolute atomic E-state index is 11.3. The summed E-state index contributed by atoms with van der Waals surface area (Å²) in [7, 11) is 0. The van der Waals surface area contributed by atoms with Crippen molar-refractivity contribution in [2.24, 2.45) is 0 Å². The highest BCUT2D eigenvalue weighted by molar-refractivity contribution is 6.00.